The zero-order chi connectivity index (χ0) is 15.9. The highest BCUT2D eigenvalue weighted by molar-refractivity contribution is 9.10. The Morgan fingerprint density at radius 1 is 1.29 bits per heavy atom. The van der Waals surface area contributed by atoms with Crippen LogP contribution in [0, 0.1) is 0 Å². The van der Waals surface area contributed by atoms with Crippen molar-refractivity contribution in [2.45, 2.75) is 18.6 Å². The molecule has 2 N–H and O–H groups in total. The number of benzene rings is 1. The minimum absolute atomic E-state index is 0.0644. The lowest BCUT2D eigenvalue weighted by Gasteiger charge is -2.06. The average molecular weight is 378 g/mol. The fourth-order valence-corrected chi connectivity index (χ4v) is 3.39. The Morgan fingerprint density at radius 2 is 2.00 bits per heavy atom. The monoisotopic (exact) mass is 377 g/mol. The summed E-state index contributed by atoms with van der Waals surface area (Å²) in [5.41, 5.74) is 0.600. The molecule has 0 atom stereocenters. The molecule has 6 nitrogen and oxygen atoms in total. The summed E-state index contributed by atoms with van der Waals surface area (Å²) in [4.78, 5) is 21.8. The van der Waals surface area contributed by atoms with Gasteiger partial charge in [0.1, 0.15) is 5.75 Å². The van der Waals surface area contributed by atoms with E-state index in [2.05, 4.69) is 21.2 Å². The molecule has 0 aliphatic heterocycles. The number of carboxylic acid groups (broad SMARTS) is 1. The van der Waals surface area contributed by atoms with Gasteiger partial charge in [-0.1, -0.05) is 28.1 Å². The van der Waals surface area contributed by atoms with Gasteiger partial charge in [-0.05, 0) is 24.1 Å². The zero-order valence-electron chi connectivity index (χ0n) is 11.2. The molecular formula is C13H16BrNO5S. The molecule has 0 heterocycles. The van der Waals surface area contributed by atoms with Crippen molar-refractivity contribution in [3.05, 3.63) is 34.3 Å². The van der Waals surface area contributed by atoms with Gasteiger partial charge < -0.3 is 10.4 Å². The molecule has 0 spiro atoms. The second kappa shape index (κ2) is 8.14. The topological polar surface area (TPSA) is 101 Å². The Labute approximate surface area is 131 Å². The highest BCUT2D eigenvalue weighted by atomic mass is 79.9. The van der Waals surface area contributed by atoms with Gasteiger partial charge in [-0.15, -0.1) is 0 Å². The maximum Gasteiger partial charge on any atom is 0.303 e. The lowest BCUT2D eigenvalue weighted by Crippen LogP contribution is -2.31. The second-order valence-corrected chi connectivity index (χ2v) is 7.49. The number of carbonyl (C=O) groups excluding carboxylic acids is 1. The van der Waals surface area contributed by atoms with Gasteiger partial charge in [-0.2, -0.15) is 0 Å². The van der Waals surface area contributed by atoms with Crippen molar-refractivity contribution in [1.82, 2.24) is 5.32 Å². The number of halogens is 1. The lowest BCUT2D eigenvalue weighted by molar-refractivity contribution is -0.137. The van der Waals surface area contributed by atoms with Crippen molar-refractivity contribution in [2.24, 2.45) is 0 Å². The van der Waals surface area contributed by atoms with Crippen LogP contribution in [0.25, 0.3) is 0 Å². The Balaban J connectivity index is 2.45. The number of aliphatic carboxylic acids is 1. The van der Waals surface area contributed by atoms with Crippen LogP contribution >= 0.6 is 15.9 Å². The molecule has 1 amide bonds. The molecule has 0 aromatic heterocycles. The van der Waals surface area contributed by atoms with Crippen LogP contribution in [-0.2, 0) is 25.2 Å². The van der Waals surface area contributed by atoms with Crippen LogP contribution in [0.4, 0.5) is 0 Å². The largest absolute Gasteiger partial charge is 0.481 e. The van der Waals surface area contributed by atoms with Crippen LogP contribution in [-0.4, -0.2) is 37.7 Å². The molecule has 0 saturated heterocycles. The van der Waals surface area contributed by atoms with Gasteiger partial charge in [0.15, 0.2) is 9.84 Å². The molecule has 1 aromatic rings. The van der Waals surface area contributed by atoms with E-state index < -0.39 is 27.5 Å². The molecule has 1 rings (SSSR count). The van der Waals surface area contributed by atoms with Crippen molar-refractivity contribution < 1.29 is 23.1 Å². The molecule has 0 fully saturated rings. The minimum Gasteiger partial charge on any atom is -0.481 e. The zero-order valence-corrected chi connectivity index (χ0v) is 13.6. The first-order valence-electron chi connectivity index (χ1n) is 6.22. The highest BCUT2D eigenvalue weighted by Crippen LogP contribution is 2.14. The van der Waals surface area contributed by atoms with Gasteiger partial charge >= 0.3 is 5.97 Å². The summed E-state index contributed by atoms with van der Waals surface area (Å²) in [7, 11) is -3.55. The van der Waals surface area contributed by atoms with Crippen LogP contribution in [0.2, 0.25) is 0 Å². The predicted octanol–water partition coefficient (Wildman–Crippen LogP) is 1.34. The van der Waals surface area contributed by atoms with Gasteiger partial charge in [0.25, 0.3) is 0 Å². The van der Waals surface area contributed by atoms with E-state index in [4.69, 9.17) is 5.11 Å². The standard InChI is InChI=1S/C13H16BrNO5S/c14-11-4-1-3-10(7-11)8-21(19,20)9-12(16)15-6-2-5-13(17)18/h1,3-4,7H,2,5-6,8-9H2,(H,15,16)(H,17,18). The number of hydrogen-bond donors (Lipinski definition) is 2. The quantitative estimate of drug-likeness (QED) is 0.665. The highest BCUT2D eigenvalue weighted by Gasteiger charge is 2.17. The average Bonchev–Trinajstić information content (AvgIpc) is 2.33. The minimum atomic E-state index is -3.55. The molecule has 116 valence electrons. The SMILES string of the molecule is O=C(O)CCCNC(=O)CS(=O)(=O)Cc1cccc(Br)c1. The van der Waals surface area contributed by atoms with Gasteiger partial charge in [0.2, 0.25) is 5.91 Å². The maximum absolute atomic E-state index is 11.9. The summed E-state index contributed by atoms with van der Waals surface area (Å²) in [6.07, 6.45) is 0.206. The molecule has 0 saturated carbocycles. The second-order valence-electron chi connectivity index (χ2n) is 4.51. The molecular weight excluding hydrogens is 362 g/mol. The third-order valence-electron chi connectivity index (χ3n) is 2.52. The first kappa shape index (κ1) is 17.6. The van der Waals surface area contributed by atoms with Crippen LogP contribution in [0.1, 0.15) is 18.4 Å². The molecule has 0 unspecified atom stereocenters. The van der Waals surface area contributed by atoms with Crippen LogP contribution < -0.4 is 5.32 Å². The van der Waals surface area contributed by atoms with E-state index in [1.54, 1.807) is 24.3 Å². The summed E-state index contributed by atoms with van der Waals surface area (Å²) in [5, 5.41) is 10.8. The third-order valence-corrected chi connectivity index (χ3v) is 4.48. The molecule has 1 aromatic carbocycles. The molecule has 0 aliphatic carbocycles. The van der Waals surface area contributed by atoms with Crippen LogP contribution in [0.3, 0.4) is 0 Å². The number of rotatable bonds is 8. The number of carboxylic acids is 1. The Bertz CT molecular complexity index is 615. The Kier molecular flexibility index (Phi) is 6.83. The third kappa shape index (κ3) is 7.81. The van der Waals surface area contributed by atoms with E-state index in [1.807, 2.05) is 0 Å². The van der Waals surface area contributed by atoms with Crippen molar-refractivity contribution in [3.63, 3.8) is 0 Å². The maximum atomic E-state index is 11.9. The molecule has 21 heavy (non-hydrogen) atoms. The summed E-state index contributed by atoms with van der Waals surface area (Å²) in [6, 6.07) is 6.86. The van der Waals surface area contributed by atoms with E-state index in [-0.39, 0.29) is 25.1 Å². The summed E-state index contributed by atoms with van der Waals surface area (Å²) in [5.74, 6) is -2.39. The van der Waals surface area contributed by atoms with Crippen molar-refractivity contribution in [1.29, 1.82) is 0 Å². The fourth-order valence-electron chi connectivity index (χ4n) is 1.65. The number of carbonyl (C=O) groups is 2. The Morgan fingerprint density at radius 3 is 2.62 bits per heavy atom. The molecule has 8 heteroatoms. The van der Waals surface area contributed by atoms with E-state index in [9.17, 15) is 18.0 Å². The van der Waals surface area contributed by atoms with E-state index >= 15 is 0 Å². The molecule has 0 bridgehead atoms. The van der Waals surface area contributed by atoms with Crippen molar-refractivity contribution >= 4 is 37.6 Å². The number of sulfone groups is 1. The molecule has 0 radical (unpaired) electrons. The van der Waals surface area contributed by atoms with Crippen molar-refractivity contribution in [3.8, 4) is 0 Å². The first-order valence-corrected chi connectivity index (χ1v) is 8.83. The number of nitrogens with one attached hydrogen (secondary N) is 1. The lowest BCUT2D eigenvalue weighted by atomic mass is 10.2. The first-order chi connectivity index (χ1) is 9.78. The molecule has 0 aliphatic rings. The van der Waals surface area contributed by atoms with Gasteiger partial charge in [0, 0.05) is 17.4 Å². The fraction of sp³-hybridized carbons (Fsp3) is 0.385. The summed E-state index contributed by atoms with van der Waals surface area (Å²) < 4.78 is 24.6. The summed E-state index contributed by atoms with van der Waals surface area (Å²) >= 11 is 3.25. The van der Waals surface area contributed by atoms with Crippen LogP contribution in [0.5, 0.6) is 0 Å². The number of amides is 1. The van der Waals surface area contributed by atoms with Gasteiger partial charge in [-0.25, -0.2) is 8.42 Å². The number of hydrogen-bond acceptors (Lipinski definition) is 4. The Hall–Kier alpha value is -1.41. The predicted molar refractivity (Wildman–Crippen MR) is 81.5 cm³/mol. The normalized spacial score (nSPS) is 11.1. The van der Waals surface area contributed by atoms with E-state index in [1.165, 1.54) is 0 Å². The summed E-state index contributed by atoms with van der Waals surface area (Å²) in [6.45, 7) is 0.150. The van der Waals surface area contributed by atoms with Crippen LogP contribution in [0.15, 0.2) is 28.7 Å². The van der Waals surface area contributed by atoms with Crippen molar-refractivity contribution in [2.75, 3.05) is 12.3 Å². The smallest absolute Gasteiger partial charge is 0.303 e. The van der Waals surface area contributed by atoms with Gasteiger partial charge in [-0.3, -0.25) is 9.59 Å². The van der Waals surface area contributed by atoms with Gasteiger partial charge in [0.05, 0.1) is 5.75 Å². The van der Waals surface area contributed by atoms with E-state index in [0.29, 0.717) is 5.56 Å². The van der Waals surface area contributed by atoms with E-state index in [0.717, 1.165) is 4.47 Å².